The molecule has 1 amide bonds. The molecule has 0 saturated heterocycles. The maximum Gasteiger partial charge on any atom is 0.416 e. The zero-order valence-electron chi connectivity index (χ0n) is 16.3. The number of rotatable bonds is 3. The molecular weight excluding hydrogens is 441 g/mol. The first-order chi connectivity index (χ1) is 14.9. The van der Waals surface area contributed by atoms with Gasteiger partial charge in [0.15, 0.2) is 0 Å². The van der Waals surface area contributed by atoms with Crippen LogP contribution in [0, 0.1) is 0 Å². The van der Waals surface area contributed by atoms with Gasteiger partial charge in [-0.25, -0.2) is 4.98 Å². The van der Waals surface area contributed by atoms with Crippen LogP contribution < -0.4 is 5.32 Å². The Morgan fingerprint density at radius 3 is 2.61 bits per heavy atom. The Kier molecular flexibility index (Phi) is 5.06. The third-order valence-corrected chi connectivity index (χ3v) is 7.62. The van der Waals surface area contributed by atoms with Crippen LogP contribution in [-0.2, 0) is 19.0 Å². The van der Waals surface area contributed by atoms with Gasteiger partial charge in [-0.1, -0.05) is 18.2 Å². The van der Waals surface area contributed by atoms with Gasteiger partial charge in [-0.15, -0.1) is 22.7 Å². The van der Waals surface area contributed by atoms with Crippen molar-refractivity contribution in [1.29, 1.82) is 0 Å². The number of para-hydroxylation sites is 1. The van der Waals surface area contributed by atoms with Crippen molar-refractivity contribution >= 4 is 43.8 Å². The molecule has 8 heteroatoms. The van der Waals surface area contributed by atoms with Crippen molar-refractivity contribution < 1.29 is 18.0 Å². The molecule has 1 aliphatic carbocycles. The van der Waals surface area contributed by atoms with E-state index in [1.54, 1.807) is 11.3 Å². The first-order valence-corrected chi connectivity index (χ1v) is 11.5. The lowest BCUT2D eigenvalue weighted by Crippen LogP contribution is -2.13. The van der Waals surface area contributed by atoms with Crippen LogP contribution in [0.25, 0.3) is 20.8 Å². The maximum absolute atomic E-state index is 13.1. The summed E-state index contributed by atoms with van der Waals surface area (Å²) < 4.78 is 40.2. The molecule has 0 fully saturated rings. The minimum atomic E-state index is -4.50. The lowest BCUT2D eigenvalue weighted by molar-refractivity contribution is -0.137. The van der Waals surface area contributed by atoms with E-state index in [-0.39, 0.29) is 5.56 Å². The first kappa shape index (κ1) is 20.2. The minimum Gasteiger partial charge on any atom is -0.313 e. The predicted octanol–water partition coefficient (Wildman–Crippen LogP) is 7.17. The van der Waals surface area contributed by atoms with E-state index in [9.17, 15) is 18.0 Å². The average Bonchev–Trinajstić information content (AvgIpc) is 3.33. The van der Waals surface area contributed by atoms with Crippen LogP contribution in [0.5, 0.6) is 0 Å². The van der Waals surface area contributed by atoms with Crippen LogP contribution in [0.4, 0.5) is 18.2 Å². The number of anilines is 1. The van der Waals surface area contributed by atoms with E-state index in [0.29, 0.717) is 5.00 Å². The van der Waals surface area contributed by atoms with Crippen LogP contribution in [0.1, 0.15) is 39.2 Å². The van der Waals surface area contributed by atoms with E-state index in [0.717, 1.165) is 58.6 Å². The highest BCUT2D eigenvalue weighted by molar-refractivity contribution is 7.23. The quantitative estimate of drug-likeness (QED) is 0.353. The van der Waals surface area contributed by atoms with Gasteiger partial charge in [0, 0.05) is 16.0 Å². The van der Waals surface area contributed by atoms with E-state index in [1.165, 1.54) is 33.9 Å². The number of aromatic nitrogens is 1. The van der Waals surface area contributed by atoms with E-state index < -0.39 is 17.6 Å². The lowest BCUT2D eigenvalue weighted by Gasteiger charge is -2.12. The van der Waals surface area contributed by atoms with E-state index in [4.69, 9.17) is 4.98 Å². The smallest absolute Gasteiger partial charge is 0.313 e. The number of nitrogens with one attached hydrogen (secondary N) is 1. The minimum absolute atomic E-state index is 0.0172. The summed E-state index contributed by atoms with van der Waals surface area (Å²) in [5.41, 5.74) is 2.16. The van der Waals surface area contributed by atoms with Gasteiger partial charge < -0.3 is 5.32 Å². The summed E-state index contributed by atoms with van der Waals surface area (Å²) in [5.74, 6) is -0.549. The van der Waals surface area contributed by atoms with Gasteiger partial charge in [0.05, 0.1) is 15.8 Å². The van der Waals surface area contributed by atoms with Crippen LogP contribution in [-0.4, -0.2) is 10.9 Å². The molecule has 4 aromatic rings. The van der Waals surface area contributed by atoms with Crippen LogP contribution in [0.15, 0.2) is 48.5 Å². The second-order valence-electron chi connectivity index (χ2n) is 7.43. The Morgan fingerprint density at radius 1 is 1.00 bits per heavy atom. The molecule has 0 spiro atoms. The summed E-state index contributed by atoms with van der Waals surface area (Å²) in [7, 11) is 0. The molecule has 31 heavy (non-hydrogen) atoms. The third-order valence-electron chi connectivity index (χ3n) is 5.36. The molecule has 1 N–H and O–H groups in total. The van der Waals surface area contributed by atoms with E-state index in [1.807, 2.05) is 24.3 Å². The van der Waals surface area contributed by atoms with E-state index >= 15 is 0 Å². The normalized spacial score (nSPS) is 13.9. The topological polar surface area (TPSA) is 42.0 Å². The van der Waals surface area contributed by atoms with Gasteiger partial charge in [-0.05, 0) is 61.6 Å². The number of halogens is 3. The maximum atomic E-state index is 13.1. The summed E-state index contributed by atoms with van der Waals surface area (Å²) in [6.45, 7) is 0. The Bertz CT molecular complexity index is 1260. The highest BCUT2D eigenvalue weighted by atomic mass is 32.1. The number of alkyl halides is 3. The highest BCUT2D eigenvalue weighted by Crippen LogP contribution is 2.46. The van der Waals surface area contributed by atoms with Crippen molar-refractivity contribution in [1.82, 2.24) is 4.98 Å². The fraction of sp³-hybridized carbons (Fsp3) is 0.217. The zero-order valence-corrected chi connectivity index (χ0v) is 17.9. The molecular formula is C23H17F3N2OS2. The molecule has 0 saturated carbocycles. The highest BCUT2D eigenvalue weighted by Gasteiger charge is 2.31. The number of nitrogens with zero attached hydrogens (tertiary/aromatic N) is 1. The number of carbonyl (C=O) groups excluding carboxylic acids is 1. The Hall–Kier alpha value is -2.71. The Labute approximate surface area is 184 Å². The molecule has 1 aliphatic rings. The van der Waals surface area contributed by atoms with Crippen molar-refractivity contribution in [2.75, 3.05) is 5.32 Å². The van der Waals surface area contributed by atoms with Gasteiger partial charge in [0.25, 0.3) is 5.91 Å². The molecule has 0 unspecified atom stereocenters. The number of amides is 1. The average molecular weight is 459 g/mol. The van der Waals surface area contributed by atoms with Crippen molar-refractivity contribution in [3.63, 3.8) is 0 Å². The largest absolute Gasteiger partial charge is 0.416 e. The fourth-order valence-corrected chi connectivity index (χ4v) is 6.27. The van der Waals surface area contributed by atoms with Crippen LogP contribution in [0.3, 0.4) is 0 Å². The summed E-state index contributed by atoms with van der Waals surface area (Å²) in [4.78, 5) is 18.9. The second-order valence-corrected chi connectivity index (χ2v) is 9.57. The molecule has 2 heterocycles. The standard InChI is InChI=1S/C23H17F3N2OS2/c24-23(25,26)14-7-5-6-13(12-14)20(29)28-22-19(15-8-1-3-10-17(15)30-22)21-27-16-9-2-4-11-18(16)31-21/h2,4-7,9,11-12H,1,3,8,10H2,(H,28,29). The van der Waals surface area contributed by atoms with Crippen LogP contribution in [0.2, 0.25) is 0 Å². The SMILES string of the molecule is O=C(Nc1sc2c(c1-c1nc3ccccc3s1)CCCC2)c1cccc(C(F)(F)F)c1. The van der Waals surface area contributed by atoms with Gasteiger partial charge >= 0.3 is 6.18 Å². The number of thiazole rings is 1. The van der Waals surface area contributed by atoms with E-state index in [2.05, 4.69) is 5.32 Å². The number of aryl methyl sites for hydroxylation is 1. The predicted molar refractivity (Wildman–Crippen MR) is 119 cm³/mol. The monoisotopic (exact) mass is 458 g/mol. The number of thiophene rings is 1. The third kappa shape index (κ3) is 3.85. The summed E-state index contributed by atoms with van der Waals surface area (Å²) >= 11 is 3.08. The van der Waals surface area contributed by atoms with Crippen molar-refractivity contribution in [3.05, 3.63) is 70.1 Å². The molecule has 0 aliphatic heterocycles. The second kappa shape index (κ2) is 7.76. The molecule has 2 aromatic carbocycles. The number of benzene rings is 2. The number of fused-ring (bicyclic) bond motifs is 2. The summed E-state index contributed by atoms with van der Waals surface area (Å²) in [5, 5.41) is 4.38. The van der Waals surface area contributed by atoms with Gasteiger partial charge in [0.2, 0.25) is 0 Å². The van der Waals surface area contributed by atoms with Crippen molar-refractivity contribution in [2.24, 2.45) is 0 Å². The lowest BCUT2D eigenvalue weighted by atomic mass is 9.95. The molecule has 0 radical (unpaired) electrons. The molecule has 5 rings (SSSR count). The molecule has 3 nitrogen and oxygen atoms in total. The first-order valence-electron chi connectivity index (χ1n) is 9.89. The Morgan fingerprint density at radius 2 is 1.81 bits per heavy atom. The fourth-order valence-electron chi connectivity index (χ4n) is 3.87. The Balaban J connectivity index is 1.55. The summed E-state index contributed by atoms with van der Waals surface area (Å²) in [6.07, 6.45) is -0.477. The zero-order chi connectivity index (χ0) is 21.6. The molecule has 0 bridgehead atoms. The molecule has 0 atom stereocenters. The molecule has 158 valence electrons. The molecule has 2 aromatic heterocycles. The van der Waals surface area contributed by atoms with Gasteiger partial charge in [-0.3, -0.25) is 4.79 Å². The van der Waals surface area contributed by atoms with Gasteiger partial charge in [0.1, 0.15) is 10.0 Å². The van der Waals surface area contributed by atoms with Crippen LogP contribution >= 0.6 is 22.7 Å². The number of hydrogen-bond donors (Lipinski definition) is 1. The number of hydrogen-bond acceptors (Lipinski definition) is 4. The number of carbonyl (C=O) groups is 1. The van der Waals surface area contributed by atoms with Gasteiger partial charge in [-0.2, -0.15) is 13.2 Å². The van der Waals surface area contributed by atoms with Crippen molar-refractivity contribution in [2.45, 2.75) is 31.9 Å². The summed E-state index contributed by atoms with van der Waals surface area (Å²) in [6, 6.07) is 12.4. The van der Waals surface area contributed by atoms with Crippen molar-refractivity contribution in [3.8, 4) is 10.6 Å².